The topological polar surface area (TPSA) is 46.3 Å². The van der Waals surface area contributed by atoms with Crippen LogP contribution in [0.4, 0.5) is 15.8 Å². The second-order valence-corrected chi connectivity index (χ2v) is 4.68. The molecular formula is C15H14ClFN2O. The van der Waals surface area contributed by atoms with E-state index >= 15 is 0 Å². The van der Waals surface area contributed by atoms with Gasteiger partial charge in [0.05, 0.1) is 10.6 Å². The number of nitrogens with two attached hydrogens (primary N) is 1. The van der Waals surface area contributed by atoms with Crippen molar-refractivity contribution in [1.29, 1.82) is 0 Å². The molecule has 2 rings (SSSR count). The summed E-state index contributed by atoms with van der Waals surface area (Å²) in [4.78, 5) is 14.0. The van der Waals surface area contributed by atoms with E-state index in [-0.39, 0.29) is 5.91 Å². The Bertz CT molecular complexity index is 646. The van der Waals surface area contributed by atoms with Crippen molar-refractivity contribution in [3.63, 3.8) is 0 Å². The Morgan fingerprint density at radius 3 is 2.70 bits per heavy atom. The van der Waals surface area contributed by atoms with Crippen molar-refractivity contribution in [3.05, 3.63) is 58.9 Å². The van der Waals surface area contributed by atoms with E-state index in [1.165, 1.54) is 23.1 Å². The number of rotatable bonds is 3. The van der Waals surface area contributed by atoms with Gasteiger partial charge in [0, 0.05) is 17.9 Å². The van der Waals surface area contributed by atoms with Crippen LogP contribution in [0, 0.1) is 5.82 Å². The fourth-order valence-electron chi connectivity index (χ4n) is 1.94. The molecule has 5 heteroatoms. The largest absolute Gasteiger partial charge is 0.399 e. The maximum Gasteiger partial charge on any atom is 0.259 e. The van der Waals surface area contributed by atoms with Gasteiger partial charge in [-0.25, -0.2) is 4.39 Å². The smallest absolute Gasteiger partial charge is 0.259 e. The molecule has 0 saturated carbocycles. The molecule has 2 aromatic rings. The van der Waals surface area contributed by atoms with E-state index in [0.717, 1.165) is 0 Å². The molecule has 2 aromatic carbocycles. The predicted molar refractivity (Wildman–Crippen MR) is 79.6 cm³/mol. The Morgan fingerprint density at radius 2 is 2.05 bits per heavy atom. The molecule has 0 aliphatic heterocycles. The van der Waals surface area contributed by atoms with E-state index in [9.17, 15) is 9.18 Å². The summed E-state index contributed by atoms with van der Waals surface area (Å²) in [6.45, 7) is 2.20. The van der Waals surface area contributed by atoms with Crippen LogP contribution >= 0.6 is 11.6 Å². The molecule has 2 N–H and O–H groups in total. The first kappa shape index (κ1) is 14.3. The highest BCUT2D eigenvalue weighted by atomic mass is 35.5. The average molecular weight is 293 g/mol. The van der Waals surface area contributed by atoms with Gasteiger partial charge in [-0.15, -0.1) is 0 Å². The van der Waals surface area contributed by atoms with E-state index in [1.54, 1.807) is 24.3 Å². The van der Waals surface area contributed by atoms with Crippen LogP contribution < -0.4 is 10.6 Å². The standard InChI is InChI=1S/C15H14ClFN2O/c1-2-19(12-5-3-4-10(17)8-12)15(20)13-9-11(18)6-7-14(13)16/h3-9H,2,18H2,1H3. The monoisotopic (exact) mass is 292 g/mol. The third kappa shape index (κ3) is 2.91. The SMILES string of the molecule is CCN(C(=O)c1cc(N)ccc1Cl)c1cccc(F)c1. The first-order valence-electron chi connectivity index (χ1n) is 6.15. The summed E-state index contributed by atoms with van der Waals surface area (Å²) in [6.07, 6.45) is 0. The molecule has 0 unspecified atom stereocenters. The summed E-state index contributed by atoms with van der Waals surface area (Å²) in [7, 11) is 0. The van der Waals surface area contributed by atoms with Gasteiger partial charge in [0.15, 0.2) is 0 Å². The zero-order valence-electron chi connectivity index (χ0n) is 10.9. The van der Waals surface area contributed by atoms with E-state index in [1.807, 2.05) is 6.92 Å². The van der Waals surface area contributed by atoms with Gasteiger partial charge in [0.25, 0.3) is 5.91 Å². The van der Waals surface area contributed by atoms with Crippen molar-refractivity contribution in [3.8, 4) is 0 Å². The van der Waals surface area contributed by atoms with E-state index in [2.05, 4.69) is 0 Å². The minimum atomic E-state index is -0.396. The van der Waals surface area contributed by atoms with Gasteiger partial charge < -0.3 is 10.6 Å². The van der Waals surface area contributed by atoms with Crippen LogP contribution in [-0.2, 0) is 0 Å². The molecule has 0 radical (unpaired) electrons. The molecule has 0 fully saturated rings. The van der Waals surface area contributed by atoms with Crippen LogP contribution in [-0.4, -0.2) is 12.5 Å². The molecular weight excluding hydrogens is 279 g/mol. The number of amides is 1. The first-order chi connectivity index (χ1) is 9.52. The molecule has 0 heterocycles. The highest BCUT2D eigenvalue weighted by molar-refractivity contribution is 6.34. The van der Waals surface area contributed by atoms with Gasteiger partial charge in [-0.3, -0.25) is 4.79 Å². The van der Waals surface area contributed by atoms with Crippen LogP contribution in [0.15, 0.2) is 42.5 Å². The summed E-state index contributed by atoms with van der Waals surface area (Å²) < 4.78 is 13.3. The lowest BCUT2D eigenvalue weighted by Gasteiger charge is -2.21. The molecule has 0 aromatic heterocycles. The molecule has 20 heavy (non-hydrogen) atoms. The molecule has 0 aliphatic carbocycles. The second kappa shape index (κ2) is 5.92. The van der Waals surface area contributed by atoms with E-state index in [4.69, 9.17) is 17.3 Å². The Balaban J connectivity index is 2.41. The summed E-state index contributed by atoms with van der Waals surface area (Å²) in [5, 5.41) is 0.319. The molecule has 0 atom stereocenters. The van der Waals surface area contributed by atoms with Gasteiger partial charge in [0.2, 0.25) is 0 Å². The van der Waals surface area contributed by atoms with Crippen molar-refractivity contribution >= 4 is 28.9 Å². The lowest BCUT2D eigenvalue weighted by molar-refractivity contribution is 0.0988. The Kier molecular flexibility index (Phi) is 4.25. The van der Waals surface area contributed by atoms with Crippen LogP contribution in [0.5, 0.6) is 0 Å². The van der Waals surface area contributed by atoms with Gasteiger partial charge in [0.1, 0.15) is 5.82 Å². The van der Waals surface area contributed by atoms with Crippen LogP contribution in [0.3, 0.4) is 0 Å². The quantitative estimate of drug-likeness (QED) is 0.876. The van der Waals surface area contributed by atoms with Crippen molar-refractivity contribution < 1.29 is 9.18 Å². The Hall–Kier alpha value is -2.07. The Morgan fingerprint density at radius 1 is 1.30 bits per heavy atom. The van der Waals surface area contributed by atoms with E-state index in [0.29, 0.717) is 28.5 Å². The van der Waals surface area contributed by atoms with Crippen LogP contribution in [0.25, 0.3) is 0 Å². The molecule has 104 valence electrons. The summed E-state index contributed by atoms with van der Waals surface area (Å²) in [5.41, 5.74) is 6.92. The lowest BCUT2D eigenvalue weighted by Crippen LogP contribution is -2.31. The van der Waals surface area contributed by atoms with Gasteiger partial charge in [-0.2, -0.15) is 0 Å². The number of hydrogen-bond donors (Lipinski definition) is 1. The van der Waals surface area contributed by atoms with Crippen molar-refractivity contribution in [2.75, 3.05) is 17.2 Å². The number of hydrogen-bond acceptors (Lipinski definition) is 2. The maximum atomic E-state index is 13.3. The van der Waals surface area contributed by atoms with Crippen LogP contribution in [0.2, 0.25) is 5.02 Å². The summed E-state index contributed by atoms with van der Waals surface area (Å²) in [6, 6.07) is 10.6. The molecule has 0 spiro atoms. The third-order valence-electron chi connectivity index (χ3n) is 2.90. The molecule has 3 nitrogen and oxygen atoms in total. The zero-order valence-corrected chi connectivity index (χ0v) is 11.7. The number of halogens is 2. The third-order valence-corrected chi connectivity index (χ3v) is 3.23. The van der Waals surface area contributed by atoms with Crippen molar-refractivity contribution in [2.45, 2.75) is 6.92 Å². The molecule has 0 bridgehead atoms. The summed E-state index contributed by atoms with van der Waals surface area (Å²) >= 11 is 6.03. The van der Waals surface area contributed by atoms with Gasteiger partial charge >= 0.3 is 0 Å². The summed E-state index contributed by atoms with van der Waals surface area (Å²) in [5.74, 6) is -0.706. The van der Waals surface area contributed by atoms with Crippen LogP contribution in [0.1, 0.15) is 17.3 Å². The predicted octanol–water partition coefficient (Wildman–Crippen LogP) is 3.73. The van der Waals surface area contributed by atoms with Crippen molar-refractivity contribution in [1.82, 2.24) is 0 Å². The molecule has 0 saturated heterocycles. The Labute approximate surface area is 121 Å². The first-order valence-corrected chi connectivity index (χ1v) is 6.53. The number of nitrogen functional groups attached to an aromatic ring is 1. The number of nitrogens with zero attached hydrogens (tertiary/aromatic N) is 1. The van der Waals surface area contributed by atoms with Crippen molar-refractivity contribution in [2.24, 2.45) is 0 Å². The molecule has 1 amide bonds. The fourth-order valence-corrected chi connectivity index (χ4v) is 2.14. The second-order valence-electron chi connectivity index (χ2n) is 4.27. The molecule has 0 aliphatic rings. The van der Waals surface area contributed by atoms with Gasteiger partial charge in [-0.1, -0.05) is 17.7 Å². The minimum absolute atomic E-state index is 0.303. The normalized spacial score (nSPS) is 10.3. The van der Waals surface area contributed by atoms with Gasteiger partial charge in [-0.05, 0) is 43.3 Å². The van der Waals surface area contributed by atoms with E-state index < -0.39 is 5.82 Å². The zero-order chi connectivity index (χ0) is 14.7. The minimum Gasteiger partial charge on any atom is -0.399 e. The number of benzene rings is 2. The fraction of sp³-hybridized carbons (Fsp3) is 0.133. The highest BCUT2D eigenvalue weighted by Gasteiger charge is 2.19. The number of carbonyl (C=O) groups is 1. The number of anilines is 2. The lowest BCUT2D eigenvalue weighted by atomic mass is 10.1. The number of carbonyl (C=O) groups excluding carboxylic acids is 1. The maximum absolute atomic E-state index is 13.3. The average Bonchev–Trinajstić information content (AvgIpc) is 2.42. The highest BCUT2D eigenvalue weighted by Crippen LogP contribution is 2.24.